The van der Waals surface area contributed by atoms with Crippen LogP contribution in [0.25, 0.3) is 17.0 Å². The Morgan fingerprint density at radius 3 is 2.05 bits per heavy atom. The van der Waals surface area contributed by atoms with Gasteiger partial charge in [0.2, 0.25) is 0 Å². The van der Waals surface area contributed by atoms with Crippen molar-refractivity contribution in [2.75, 3.05) is 27.2 Å². The Kier molecular flexibility index (Phi) is 12.5. The second-order valence-corrected chi connectivity index (χ2v) is 10.2. The number of likely N-dealkylation sites (tertiary alicyclic amines) is 1. The largest absolute Gasteiger partial charge is 0.416 e. The summed E-state index contributed by atoms with van der Waals surface area (Å²) in [4.78, 5) is 27.2. The zero-order valence-electron chi connectivity index (χ0n) is 24.1. The lowest BCUT2D eigenvalue weighted by molar-refractivity contribution is -0.143. The summed E-state index contributed by atoms with van der Waals surface area (Å²) >= 11 is 0.787. The summed E-state index contributed by atoms with van der Waals surface area (Å²) in [6, 6.07) is 6.31. The molecule has 0 aliphatic carbocycles. The Bertz CT molecular complexity index is 1470. The fourth-order valence-electron chi connectivity index (χ4n) is 4.21. The molecular weight excluding hydrogens is 594 g/mol. The normalized spacial score (nSPS) is 16.4. The molecule has 0 bridgehead atoms. The highest BCUT2D eigenvalue weighted by molar-refractivity contribution is 8.18. The number of benzene rings is 2. The molecule has 2 saturated heterocycles. The summed E-state index contributed by atoms with van der Waals surface area (Å²) in [5, 5.41) is 4.21. The van der Waals surface area contributed by atoms with Crippen molar-refractivity contribution in [1.82, 2.24) is 19.6 Å². The molecule has 0 saturated carbocycles. The van der Waals surface area contributed by atoms with Crippen LogP contribution >= 0.6 is 11.8 Å². The Labute approximate surface area is 250 Å². The van der Waals surface area contributed by atoms with E-state index in [1.165, 1.54) is 49.9 Å². The van der Waals surface area contributed by atoms with Gasteiger partial charge in [-0.3, -0.25) is 19.2 Å². The summed E-state index contributed by atoms with van der Waals surface area (Å²) in [5.41, 5.74) is -2.10. The number of nitrogens with zero attached hydrogens (tertiary/aromatic N) is 4. The van der Waals surface area contributed by atoms with Gasteiger partial charge in [0.1, 0.15) is 0 Å². The van der Waals surface area contributed by atoms with Crippen LogP contribution < -0.4 is 0 Å². The smallest absolute Gasteiger partial charge is 0.306 e. The van der Waals surface area contributed by atoms with Crippen LogP contribution in [0.2, 0.25) is 0 Å². The number of aromatic nitrogens is 2. The van der Waals surface area contributed by atoms with E-state index in [0.717, 1.165) is 22.7 Å². The molecular formula is C30H32F6N4O2S. The van der Waals surface area contributed by atoms with Crippen LogP contribution in [0.4, 0.5) is 31.1 Å². The lowest BCUT2D eigenvalue weighted by atomic mass is 10.0. The monoisotopic (exact) mass is 626 g/mol. The molecule has 0 spiro atoms. The van der Waals surface area contributed by atoms with Gasteiger partial charge < -0.3 is 4.90 Å². The van der Waals surface area contributed by atoms with Crippen LogP contribution in [0.15, 0.2) is 47.5 Å². The van der Waals surface area contributed by atoms with Gasteiger partial charge in [-0.25, -0.2) is 0 Å². The fraction of sp³-hybridized carbons (Fsp3) is 0.367. The molecule has 43 heavy (non-hydrogen) atoms. The molecule has 0 N–H and O–H groups in total. The number of carbonyl (C=O) groups is 2. The van der Waals surface area contributed by atoms with Gasteiger partial charge in [-0.05, 0) is 86.2 Å². The third kappa shape index (κ3) is 9.11. The lowest BCUT2D eigenvalue weighted by Gasteiger charge is -2.16. The van der Waals surface area contributed by atoms with Gasteiger partial charge in [-0.1, -0.05) is 26.0 Å². The summed E-state index contributed by atoms with van der Waals surface area (Å²) in [6.45, 7) is 6.24. The van der Waals surface area contributed by atoms with Crippen LogP contribution in [0.1, 0.15) is 48.9 Å². The third-order valence-corrected chi connectivity index (χ3v) is 7.30. The molecule has 1 aromatic heterocycles. The topological polar surface area (TPSA) is 58.4 Å². The fourth-order valence-corrected chi connectivity index (χ4v) is 5.04. The van der Waals surface area contributed by atoms with Crippen molar-refractivity contribution in [3.05, 3.63) is 69.8 Å². The van der Waals surface area contributed by atoms with E-state index in [9.17, 15) is 35.9 Å². The zero-order chi connectivity index (χ0) is 32.5. The van der Waals surface area contributed by atoms with E-state index in [1.54, 1.807) is 18.2 Å². The molecule has 232 valence electrons. The number of rotatable bonds is 3. The van der Waals surface area contributed by atoms with E-state index >= 15 is 0 Å². The quantitative estimate of drug-likeness (QED) is 0.169. The van der Waals surface area contributed by atoms with Crippen molar-refractivity contribution in [2.45, 2.75) is 45.6 Å². The van der Waals surface area contributed by atoms with Crippen molar-refractivity contribution in [3.8, 4) is 12.8 Å². The standard InChI is InChI=1S/C21H13F6N3O2S.C5H11N.C2H6.C2H2/c1-29-18(31)17(33-19(29)32)7-11-2-5-16-13(6-11)9-28-30(16)10-12-3-4-14(20(22,23)24)8-15(12)21(25,26)27;1-6-4-2-3-5-6;2*1-2/h2-9H,10H2,1H3;2-5H2,1H3;1-2H3;1-2H/b17-7-;;;. The molecule has 2 amide bonds. The second kappa shape index (κ2) is 15.1. The number of alkyl halides is 6. The Morgan fingerprint density at radius 2 is 1.56 bits per heavy atom. The summed E-state index contributed by atoms with van der Waals surface area (Å²) in [6.07, 6.45) is 3.86. The molecule has 13 heteroatoms. The maximum Gasteiger partial charge on any atom is 0.416 e. The number of thioether (sulfide) groups is 1. The number of imide groups is 1. The van der Waals surface area contributed by atoms with Crippen LogP contribution in [0, 0.1) is 12.8 Å². The summed E-state index contributed by atoms with van der Waals surface area (Å²) < 4.78 is 80.2. The average Bonchev–Trinajstić information content (AvgIpc) is 3.67. The van der Waals surface area contributed by atoms with Crippen molar-refractivity contribution in [3.63, 3.8) is 0 Å². The number of hydrogen-bond acceptors (Lipinski definition) is 5. The van der Waals surface area contributed by atoms with E-state index in [-0.39, 0.29) is 16.5 Å². The van der Waals surface area contributed by atoms with Crippen LogP contribution in [-0.2, 0) is 23.7 Å². The minimum absolute atomic E-state index is 0.0971. The molecule has 5 rings (SSSR count). The zero-order valence-corrected chi connectivity index (χ0v) is 24.9. The SMILES string of the molecule is C#C.CC.CN1C(=O)S/C(=C\c2ccc3c(cnn3Cc3ccc(C(F)(F)F)cc3C(F)(F)F)c2)C1=O.CN1CCCC1. The maximum absolute atomic E-state index is 13.4. The first kappa shape index (κ1) is 35.4. The van der Waals surface area contributed by atoms with Gasteiger partial charge in [-0.15, -0.1) is 12.8 Å². The number of amides is 2. The molecule has 0 atom stereocenters. The predicted molar refractivity (Wildman–Crippen MR) is 157 cm³/mol. The van der Waals surface area contributed by atoms with E-state index in [2.05, 4.69) is 29.9 Å². The first-order valence-corrected chi connectivity index (χ1v) is 14.0. The molecule has 0 unspecified atom stereocenters. The Hall–Kier alpha value is -3.76. The van der Waals surface area contributed by atoms with Crippen LogP contribution in [0.3, 0.4) is 0 Å². The van der Waals surface area contributed by atoms with Gasteiger partial charge >= 0.3 is 12.4 Å². The lowest BCUT2D eigenvalue weighted by Crippen LogP contribution is -2.22. The highest BCUT2D eigenvalue weighted by Crippen LogP contribution is 2.38. The highest BCUT2D eigenvalue weighted by atomic mass is 32.2. The first-order valence-electron chi connectivity index (χ1n) is 13.2. The molecule has 0 radical (unpaired) electrons. The van der Waals surface area contributed by atoms with Crippen LogP contribution in [0.5, 0.6) is 0 Å². The van der Waals surface area contributed by atoms with Crippen LogP contribution in [-0.4, -0.2) is 57.9 Å². The van der Waals surface area contributed by atoms with Gasteiger partial charge in [0, 0.05) is 12.4 Å². The molecule has 2 aliphatic rings. The number of fused-ring (bicyclic) bond motifs is 1. The van der Waals surface area contributed by atoms with Gasteiger partial charge in [-0.2, -0.15) is 31.4 Å². The first-order chi connectivity index (χ1) is 20.2. The van der Waals surface area contributed by atoms with E-state index in [4.69, 9.17) is 0 Å². The molecule has 3 heterocycles. The molecule has 2 fully saturated rings. The molecule has 6 nitrogen and oxygen atoms in total. The Balaban J connectivity index is 0.000000559. The number of terminal acetylenes is 1. The Morgan fingerprint density at radius 1 is 0.930 bits per heavy atom. The van der Waals surface area contributed by atoms with E-state index < -0.39 is 41.2 Å². The van der Waals surface area contributed by atoms with Gasteiger partial charge in [0.25, 0.3) is 11.1 Å². The molecule has 2 aliphatic heterocycles. The van der Waals surface area contributed by atoms with Crippen molar-refractivity contribution >= 4 is 39.9 Å². The minimum atomic E-state index is -4.98. The number of halogens is 6. The van der Waals surface area contributed by atoms with E-state index in [0.29, 0.717) is 22.5 Å². The molecule has 3 aromatic rings. The minimum Gasteiger partial charge on any atom is -0.306 e. The number of hydrogen-bond donors (Lipinski definition) is 0. The molecule has 2 aromatic carbocycles. The second-order valence-electron chi connectivity index (χ2n) is 9.24. The third-order valence-electron chi connectivity index (χ3n) is 6.34. The summed E-state index contributed by atoms with van der Waals surface area (Å²) in [5.74, 6) is -0.442. The summed E-state index contributed by atoms with van der Waals surface area (Å²) in [7, 11) is 3.54. The van der Waals surface area contributed by atoms with Crippen molar-refractivity contribution in [1.29, 1.82) is 0 Å². The average molecular weight is 627 g/mol. The van der Waals surface area contributed by atoms with Crippen molar-refractivity contribution < 1.29 is 35.9 Å². The maximum atomic E-state index is 13.4. The van der Waals surface area contributed by atoms with E-state index in [1.807, 2.05) is 13.8 Å². The van der Waals surface area contributed by atoms with Gasteiger partial charge in [0.15, 0.2) is 0 Å². The van der Waals surface area contributed by atoms with Crippen molar-refractivity contribution in [2.24, 2.45) is 0 Å². The number of carbonyl (C=O) groups excluding carboxylic acids is 2. The predicted octanol–water partition coefficient (Wildman–Crippen LogP) is 7.78. The number of likely N-dealkylation sites (N-methyl/N-ethyl adjacent to an activating group) is 1. The highest BCUT2D eigenvalue weighted by Gasteiger charge is 2.38. The van der Waals surface area contributed by atoms with Gasteiger partial charge in [0.05, 0.1) is 34.3 Å².